The summed E-state index contributed by atoms with van der Waals surface area (Å²) in [5, 5.41) is 0. The van der Waals surface area contributed by atoms with E-state index >= 15 is 0 Å². The fraction of sp³-hybridized carbons (Fsp3) is 0.571. The predicted octanol–water partition coefficient (Wildman–Crippen LogP) is 2.60. The van der Waals surface area contributed by atoms with Gasteiger partial charge in [0, 0.05) is 17.2 Å². The molecule has 0 aromatic heterocycles. The Kier molecular flexibility index (Phi) is 3.57. The van der Waals surface area contributed by atoms with Gasteiger partial charge in [-0.15, -0.1) is 0 Å². The van der Waals surface area contributed by atoms with Gasteiger partial charge < -0.3 is 15.2 Å². The normalized spacial score (nSPS) is 15.5. The fourth-order valence-corrected chi connectivity index (χ4v) is 2.55. The first kappa shape index (κ1) is 12.2. The van der Waals surface area contributed by atoms with Crippen LogP contribution in [0, 0.1) is 0 Å². The molecule has 3 heteroatoms. The average molecular weight is 235 g/mol. The highest BCUT2D eigenvalue weighted by atomic mass is 16.5. The van der Waals surface area contributed by atoms with E-state index in [4.69, 9.17) is 15.2 Å². The molecule has 0 aliphatic heterocycles. The van der Waals surface area contributed by atoms with Crippen LogP contribution in [0.3, 0.4) is 0 Å². The first-order chi connectivity index (χ1) is 8.19. The second-order valence-corrected chi connectivity index (χ2v) is 4.54. The van der Waals surface area contributed by atoms with Gasteiger partial charge in [-0.2, -0.15) is 0 Å². The number of aryl methyl sites for hydroxylation is 1. The van der Waals surface area contributed by atoms with Crippen molar-refractivity contribution >= 4 is 0 Å². The highest BCUT2D eigenvalue weighted by Gasteiger charge is 2.24. The van der Waals surface area contributed by atoms with Gasteiger partial charge in [-0.25, -0.2) is 0 Å². The fourth-order valence-electron chi connectivity index (χ4n) is 2.55. The summed E-state index contributed by atoms with van der Waals surface area (Å²) in [6.07, 6.45) is 3.40. The predicted molar refractivity (Wildman–Crippen MR) is 68.8 cm³/mol. The number of methoxy groups -OCH3 is 1. The maximum absolute atomic E-state index is 6.03. The number of fused-ring (bicyclic) bond motifs is 1. The second kappa shape index (κ2) is 4.96. The van der Waals surface area contributed by atoms with Gasteiger partial charge in [-0.3, -0.25) is 0 Å². The van der Waals surface area contributed by atoms with Gasteiger partial charge in [0.15, 0.2) is 11.5 Å². The molecule has 0 heterocycles. The highest BCUT2D eigenvalue weighted by Crippen LogP contribution is 2.42. The molecule has 0 saturated carbocycles. The zero-order valence-electron chi connectivity index (χ0n) is 10.9. The van der Waals surface area contributed by atoms with Crippen molar-refractivity contribution in [1.29, 1.82) is 0 Å². The molecule has 0 fully saturated rings. The molecule has 2 rings (SSSR count). The number of hydrogen-bond donors (Lipinski definition) is 1. The van der Waals surface area contributed by atoms with Crippen LogP contribution in [0.15, 0.2) is 6.07 Å². The van der Waals surface area contributed by atoms with E-state index in [9.17, 15) is 0 Å². The number of hydrogen-bond acceptors (Lipinski definition) is 3. The standard InChI is InChI=1S/C14H21NO2/c1-4-17-14-12(9(2)15)8-10-6-5-7-11(10)13(14)16-3/h8-9H,4-7,15H2,1-3H3. The maximum atomic E-state index is 6.03. The molecule has 0 bridgehead atoms. The SMILES string of the molecule is CCOc1c(C(C)N)cc2c(c1OC)CCC2. The Hall–Kier alpha value is -1.22. The van der Waals surface area contributed by atoms with Crippen molar-refractivity contribution in [3.63, 3.8) is 0 Å². The van der Waals surface area contributed by atoms with E-state index < -0.39 is 0 Å². The van der Waals surface area contributed by atoms with Gasteiger partial charge in [0.1, 0.15) is 0 Å². The summed E-state index contributed by atoms with van der Waals surface area (Å²) in [5.74, 6) is 1.74. The van der Waals surface area contributed by atoms with Crippen LogP contribution in [0.2, 0.25) is 0 Å². The topological polar surface area (TPSA) is 44.5 Å². The van der Waals surface area contributed by atoms with Crippen LogP contribution in [0.4, 0.5) is 0 Å². The van der Waals surface area contributed by atoms with E-state index in [-0.39, 0.29) is 6.04 Å². The molecule has 0 saturated heterocycles. The molecule has 1 aliphatic carbocycles. The largest absolute Gasteiger partial charge is 0.493 e. The Bertz CT molecular complexity index is 413. The number of rotatable bonds is 4. The maximum Gasteiger partial charge on any atom is 0.166 e. The Balaban J connectivity index is 2.59. The van der Waals surface area contributed by atoms with Crippen LogP contribution in [-0.2, 0) is 12.8 Å². The van der Waals surface area contributed by atoms with Gasteiger partial charge in [0.2, 0.25) is 0 Å². The molecule has 0 spiro atoms. The number of ether oxygens (including phenoxy) is 2. The quantitative estimate of drug-likeness (QED) is 0.872. The molecule has 3 nitrogen and oxygen atoms in total. The summed E-state index contributed by atoms with van der Waals surface area (Å²) < 4.78 is 11.3. The molecule has 0 amide bonds. The van der Waals surface area contributed by atoms with Crippen molar-refractivity contribution in [2.75, 3.05) is 13.7 Å². The third-order valence-electron chi connectivity index (χ3n) is 3.32. The monoisotopic (exact) mass is 235 g/mol. The van der Waals surface area contributed by atoms with E-state index in [1.54, 1.807) is 7.11 Å². The van der Waals surface area contributed by atoms with Crippen molar-refractivity contribution in [2.24, 2.45) is 5.73 Å². The molecule has 1 aliphatic rings. The van der Waals surface area contributed by atoms with Crippen LogP contribution in [0.5, 0.6) is 11.5 Å². The molecular weight excluding hydrogens is 214 g/mol. The summed E-state index contributed by atoms with van der Waals surface area (Å²) in [4.78, 5) is 0. The Morgan fingerprint density at radius 3 is 2.71 bits per heavy atom. The molecule has 94 valence electrons. The summed E-state index contributed by atoms with van der Waals surface area (Å²) in [6, 6.07) is 2.16. The first-order valence-corrected chi connectivity index (χ1v) is 6.30. The van der Waals surface area contributed by atoms with Crippen molar-refractivity contribution < 1.29 is 9.47 Å². The van der Waals surface area contributed by atoms with Crippen molar-refractivity contribution in [3.8, 4) is 11.5 Å². The molecule has 0 radical (unpaired) electrons. The van der Waals surface area contributed by atoms with Gasteiger partial charge in [-0.05, 0) is 44.7 Å². The lowest BCUT2D eigenvalue weighted by atomic mass is 9.99. The van der Waals surface area contributed by atoms with Crippen LogP contribution in [-0.4, -0.2) is 13.7 Å². The van der Waals surface area contributed by atoms with Crippen LogP contribution in [0.25, 0.3) is 0 Å². The average Bonchev–Trinajstić information content (AvgIpc) is 2.76. The smallest absolute Gasteiger partial charge is 0.166 e. The molecule has 1 atom stereocenters. The minimum absolute atomic E-state index is 0.0312. The first-order valence-electron chi connectivity index (χ1n) is 6.30. The Morgan fingerprint density at radius 2 is 2.12 bits per heavy atom. The summed E-state index contributed by atoms with van der Waals surface area (Å²) in [7, 11) is 1.71. The minimum Gasteiger partial charge on any atom is -0.493 e. The number of benzene rings is 1. The third kappa shape index (κ3) is 2.12. The number of nitrogens with two attached hydrogens (primary N) is 1. The van der Waals surface area contributed by atoms with E-state index in [1.165, 1.54) is 17.5 Å². The summed E-state index contributed by atoms with van der Waals surface area (Å²) >= 11 is 0. The van der Waals surface area contributed by atoms with E-state index in [1.807, 2.05) is 13.8 Å². The summed E-state index contributed by atoms with van der Waals surface area (Å²) in [5.41, 5.74) is 9.77. The van der Waals surface area contributed by atoms with Crippen LogP contribution >= 0.6 is 0 Å². The zero-order chi connectivity index (χ0) is 12.4. The Morgan fingerprint density at radius 1 is 1.35 bits per heavy atom. The van der Waals surface area contributed by atoms with Crippen LogP contribution in [0.1, 0.15) is 43.0 Å². The third-order valence-corrected chi connectivity index (χ3v) is 3.32. The van der Waals surface area contributed by atoms with E-state index in [0.29, 0.717) is 6.61 Å². The minimum atomic E-state index is -0.0312. The summed E-state index contributed by atoms with van der Waals surface area (Å²) in [6.45, 7) is 4.60. The second-order valence-electron chi connectivity index (χ2n) is 4.54. The van der Waals surface area contributed by atoms with E-state index in [0.717, 1.165) is 29.9 Å². The van der Waals surface area contributed by atoms with Gasteiger partial charge >= 0.3 is 0 Å². The lowest BCUT2D eigenvalue weighted by molar-refractivity contribution is 0.304. The molecular formula is C14H21NO2. The molecule has 1 aromatic rings. The lowest BCUT2D eigenvalue weighted by Gasteiger charge is -2.19. The molecule has 1 aromatic carbocycles. The van der Waals surface area contributed by atoms with Gasteiger partial charge in [0.25, 0.3) is 0 Å². The Labute approximate surface area is 103 Å². The van der Waals surface area contributed by atoms with Crippen molar-refractivity contribution in [2.45, 2.75) is 39.2 Å². The molecule has 17 heavy (non-hydrogen) atoms. The van der Waals surface area contributed by atoms with Crippen LogP contribution < -0.4 is 15.2 Å². The van der Waals surface area contributed by atoms with E-state index in [2.05, 4.69) is 6.07 Å². The van der Waals surface area contributed by atoms with Gasteiger partial charge in [0.05, 0.1) is 13.7 Å². The molecule has 2 N–H and O–H groups in total. The van der Waals surface area contributed by atoms with Crippen molar-refractivity contribution in [3.05, 3.63) is 22.8 Å². The van der Waals surface area contributed by atoms with Gasteiger partial charge in [-0.1, -0.05) is 0 Å². The zero-order valence-corrected chi connectivity index (χ0v) is 10.9. The highest BCUT2D eigenvalue weighted by molar-refractivity contribution is 5.58. The molecule has 1 unspecified atom stereocenters. The lowest BCUT2D eigenvalue weighted by Crippen LogP contribution is -2.10. The van der Waals surface area contributed by atoms with Crippen molar-refractivity contribution in [1.82, 2.24) is 0 Å².